The van der Waals surface area contributed by atoms with Crippen molar-refractivity contribution in [3.63, 3.8) is 0 Å². The van der Waals surface area contributed by atoms with Crippen molar-refractivity contribution in [2.45, 2.75) is 39.2 Å². The van der Waals surface area contributed by atoms with Gasteiger partial charge in [0, 0.05) is 18.7 Å². The van der Waals surface area contributed by atoms with Crippen LogP contribution in [0.5, 0.6) is 0 Å². The second kappa shape index (κ2) is 5.74. The zero-order valence-corrected chi connectivity index (χ0v) is 11.4. The van der Waals surface area contributed by atoms with Gasteiger partial charge in [-0.3, -0.25) is 4.79 Å². The molecule has 0 radical (unpaired) electrons. The molecule has 2 rings (SSSR count). The Morgan fingerprint density at radius 2 is 2.24 bits per heavy atom. The van der Waals surface area contributed by atoms with E-state index in [2.05, 4.69) is 23.7 Å². The second-order valence-corrected chi connectivity index (χ2v) is 6.20. The SMILES string of the molecule is CC(C)N1CCC(Cc2ncc(C=O)s2)CC1. The van der Waals surface area contributed by atoms with Gasteiger partial charge in [-0.2, -0.15) is 0 Å². The first-order valence-electron chi connectivity index (χ1n) is 6.33. The number of thiazole rings is 1. The Balaban J connectivity index is 1.83. The lowest BCUT2D eigenvalue weighted by molar-refractivity contribution is 0.112. The second-order valence-electron chi connectivity index (χ2n) is 5.05. The van der Waals surface area contributed by atoms with Gasteiger partial charge in [0.15, 0.2) is 6.29 Å². The number of hydrogen-bond donors (Lipinski definition) is 0. The van der Waals surface area contributed by atoms with Gasteiger partial charge in [0.1, 0.15) is 0 Å². The summed E-state index contributed by atoms with van der Waals surface area (Å²) in [4.78, 5) is 18.2. The molecule has 17 heavy (non-hydrogen) atoms. The number of likely N-dealkylation sites (tertiary alicyclic amines) is 1. The maximum Gasteiger partial charge on any atom is 0.161 e. The van der Waals surface area contributed by atoms with E-state index in [0.29, 0.717) is 6.04 Å². The van der Waals surface area contributed by atoms with Crippen LogP contribution in [0.25, 0.3) is 0 Å². The molecule has 1 aliphatic heterocycles. The van der Waals surface area contributed by atoms with Gasteiger partial charge in [0.25, 0.3) is 0 Å². The lowest BCUT2D eigenvalue weighted by Crippen LogP contribution is -2.38. The smallest absolute Gasteiger partial charge is 0.161 e. The Morgan fingerprint density at radius 3 is 2.76 bits per heavy atom. The first-order valence-corrected chi connectivity index (χ1v) is 7.14. The molecule has 1 saturated heterocycles. The van der Waals surface area contributed by atoms with Crippen molar-refractivity contribution in [2.75, 3.05) is 13.1 Å². The predicted octanol–water partition coefficient (Wildman–Crippen LogP) is 2.62. The van der Waals surface area contributed by atoms with Crippen molar-refractivity contribution in [3.05, 3.63) is 16.1 Å². The third kappa shape index (κ3) is 3.36. The van der Waals surface area contributed by atoms with Crippen LogP contribution in [0.1, 0.15) is 41.4 Å². The van der Waals surface area contributed by atoms with E-state index in [1.807, 2.05) is 0 Å². The molecule has 0 amide bonds. The van der Waals surface area contributed by atoms with Gasteiger partial charge in [-0.25, -0.2) is 4.98 Å². The normalized spacial score (nSPS) is 18.8. The standard InChI is InChI=1S/C13H20N2OS/c1-10(2)15-5-3-11(4-6-15)7-13-14-8-12(9-16)17-13/h8-11H,3-7H2,1-2H3. The van der Waals surface area contributed by atoms with Gasteiger partial charge in [0.2, 0.25) is 0 Å². The highest BCUT2D eigenvalue weighted by molar-refractivity contribution is 7.13. The first kappa shape index (κ1) is 12.7. The van der Waals surface area contributed by atoms with Crippen LogP contribution in [0.15, 0.2) is 6.20 Å². The summed E-state index contributed by atoms with van der Waals surface area (Å²) in [5.41, 5.74) is 0. The molecule has 1 aromatic heterocycles. The highest BCUT2D eigenvalue weighted by atomic mass is 32.1. The number of aldehydes is 1. The average Bonchev–Trinajstić information content (AvgIpc) is 2.77. The van der Waals surface area contributed by atoms with Gasteiger partial charge in [-0.15, -0.1) is 11.3 Å². The van der Waals surface area contributed by atoms with Gasteiger partial charge >= 0.3 is 0 Å². The number of piperidine rings is 1. The molecular weight excluding hydrogens is 232 g/mol. The van der Waals surface area contributed by atoms with E-state index in [-0.39, 0.29) is 0 Å². The molecule has 0 aromatic carbocycles. The van der Waals surface area contributed by atoms with Gasteiger partial charge in [0.05, 0.1) is 9.88 Å². The highest BCUT2D eigenvalue weighted by Gasteiger charge is 2.21. The van der Waals surface area contributed by atoms with E-state index in [9.17, 15) is 4.79 Å². The summed E-state index contributed by atoms with van der Waals surface area (Å²) in [6.07, 6.45) is 6.14. The molecule has 0 unspecified atom stereocenters. The average molecular weight is 252 g/mol. The van der Waals surface area contributed by atoms with Gasteiger partial charge in [-0.05, 0) is 45.7 Å². The molecule has 1 aliphatic rings. The Morgan fingerprint density at radius 1 is 1.53 bits per heavy atom. The summed E-state index contributed by atoms with van der Waals surface area (Å²) in [7, 11) is 0. The predicted molar refractivity (Wildman–Crippen MR) is 70.6 cm³/mol. The maximum atomic E-state index is 10.6. The highest BCUT2D eigenvalue weighted by Crippen LogP contribution is 2.24. The monoisotopic (exact) mass is 252 g/mol. The third-order valence-corrected chi connectivity index (χ3v) is 4.48. The number of rotatable bonds is 4. The molecule has 0 spiro atoms. The number of hydrogen-bond acceptors (Lipinski definition) is 4. The molecule has 0 saturated carbocycles. The number of aromatic nitrogens is 1. The van der Waals surface area contributed by atoms with Gasteiger partial charge < -0.3 is 4.90 Å². The Hall–Kier alpha value is -0.740. The molecule has 4 heteroatoms. The lowest BCUT2D eigenvalue weighted by Gasteiger charge is -2.34. The van der Waals surface area contributed by atoms with Crippen molar-refractivity contribution >= 4 is 17.6 Å². The van der Waals surface area contributed by atoms with E-state index < -0.39 is 0 Å². The molecule has 0 bridgehead atoms. The Kier molecular flexibility index (Phi) is 4.29. The summed E-state index contributed by atoms with van der Waals surface area (Å²) in [5, 5.41) is 1.12. The van der Waals surface area contributed by atoms with E-state index in [1.165, 1.54) is 25.9 Å². The molecular formula is C13H20N2OS. The van der Waals surface area contributed by atoms with Gasteiger partial charge in [-0.1, -0.05) is 0 Å². The molecule has 0 atom stereocenters. The Labute approximate surface area is 107 Å². The van der Waals surface area contributed by atoms with Crippen LogP contribution in [0.4, 0.5) is 0 Å². The fourth-order valence-electron chi connectivity index (χ4n) is 2.39. The fourth-order valence-corrected chi connectivity index (χ4v) is 3.24. The first-order chi connectivity index (χ1) is 8.19. The van der Waals surface area contributed by atoms with Crippen LogP contribution in [0, 0.1) is 5.92 Å². The lowest BCUT2D eigenvalue weighted by atomic mass is 9.93. The number of carbonyl (C=O) groups is 1. The molecule has 2 heterocycles. The quantitative estimate of drug-likeness (QED) is 0.772. The number of nitrogens with zero attached hydrogens (tertiary/aromatic N) is 2. The van der Waals surface area contributed by atoms with E-state index in [0.717, 1.165) is 28.5 Å². The van der Waals surface area contributed by atoms with Crippen LogP contribution in [-0.4, -0.2) is 35.3 Å². The van der Waals surface area contributed by atoms with Crippen LogP contribution >= 0.6 is 11.3 Å². The minimum atomic E-state index is 0.664. The van der Waals surface area contributed by atoms with E-state index >= 15 is 0 Å². The Bertz CT molecular complexity index is 367. The zero-order chi connectivity index (χ0) is 12.3. The molecule has 1 aromatic rings. The van der Waals surface area contributed by atoms with Crippen LogP contribution in [-0.2, 0) is 6.42 Å². The maximum absolute atomic E-state index is 10.6. The van der Waals surface area contributed by atoms with Crippen molar-refractivity contribution < 1.29 is 4.79 Å². The van der Waals surface area contributed by atoms with Crippen molar-refractivity contribution in [2.24, 2.45) is 5.92 Å². The summed E-state index contributed by atoms with van der Waals surface area (Å²) in [6, 6.07) is 0.664. The van der Waals surface area contributed by atoms with Crippen molar-refractivity contribution in [1.82, 2.24) is 9.88 Å². The van der Waals surface area contributed by atoms with Crippen LogP contribution in [0.2, 0.25) is 0 Å². The summed E-state index contributed by atoms with van der Waals surface area (Å²) < 4.78 is 0. The van der Waals surface area contributed by atoms with Crippen molar-refractivity contribution in [3.8, 4) is 0 Å². The van der Waals surface area contributed by atoms with Crippen molar-refractivity contribution in [1.29, 1.82) is 0 Å². The van der Waals surface area contributed by atoms with E-state index in [1.54, 1.807) is 17.5 Å². The summed E-state index contributed by atoms with van der Waals surface area (Å²) in [5.74, 6) is 0.746. The van der Waals surface area contributed by atoms with Crippen LogP contribution < -0.4 is 0 Å². The fraction of sp³-hybridized carbons (Fsp3) is 0.692. The third-order valence-electron chi connectivity index (χ3n) is 3.53. The zero-order valence-electron chi connectivity index (χ0n) is 10.6. The molecule has 0 aliphatic carbocycles. The molecule has 1 fully saturated rings. The minimum Gasteiger partial charge on any atom is -0.301 e. The summed E-state index contributed by atoms with van der Waals surface area (Å²) >= 11 is 1.54. The molecule has 3 nitrogen and oxygen atoms in total. The van der Waals surface area contributed by atoms with Crippen LogP contribution in [0.3, 0.4) is 0 Å². The van der Waals surface area contributed by atoms with E-state index in [4.69, 9.17) is 0 Å². The molecule has 94 valence electrons. The summed E-state index contributed by atoms with van der Waals surface area (Å²) in [6.45, 7) is 6.93. The molecule has 0 N–H and O–H groups in total. The minimum absolute atomic E-state index is 0.664. The largest absolute Gasteiger partial charge is 0.301 e. The number of carbonyl (C=O) groups excluding carboxylic acids is 1. The topological polar surface area (TPSA) is 33.2 Å².